The van der Waals surface area contributed by atoms with Crippen LogP contribution in [0.1, 0.15) is 29.9 Å². The van der Waals surface area contributed by atoms with Crippen molar-refractivity contribution in [2.24, 2.45) is 0 Å². The summed E-state index contributed by atoms with van der Waals surface area (Å²) in [5.74, 6) is 1.62. The van der Waals surface area contributed by atoms with Crippen LogP contribution in [0.25, 0.3) is 6.08 Å². The van der Waals surface area contributed by atoms with E-state index in [1.54, 1.807) is 7.11 Å². The molecule has 2 nitrogen and oxygen atoms in total. The normalized spacial score (nSPS) is 27.1. The Morgan fingerprint density at radius 3 is 3.19 bits per heavy atom. The molecule has 2 atom stereocenters. The van der Waals surface area contributed by atoms with E-state index in [1.165, 1.54) is 17.5 Å². The number of hydrogen-bond acceptors (Lipinski definition) is 2. The Bertz CT molecular complexity index is 425. The standard InChI is InChI=1S/C14H17NO/c1-16-11-6-5-10-3-2-4-14-12(7-8-15-14)13(10)9-11/h2-3,5-6,9,12,14-15H,4,7-8H2,1H3/t12-,14-/m1/s1. The molecule has 0 spiro atoms. The minimum Gasteiger partial charge on any atom is -0.497 e. The van der Waals surface area contributed by atoms with Gasteiger partial charge in [-0.2, -0.15) is 0 Å². The van der Waals surface area contributed by atoms with Gasteiger partial charge in [0, 0.05) is 12.0 Å². The lowest BCUT2D eigenvalue weighted by molar-refractivity contribution is 0.413. The van der Waals surface area contributed by atoms with Gasteiger partial charge < -0.3 is 10.1 Å². The molecule has 1 saturated heterocycles. The van der Waals surface area contributed by atoms with Crippen LogP contribution in [-0.4, -0.2) is 19.7 Å². The Morgan fingerprint density at radius 2 is 2.31 bits per heavy atom. The zero-order chi connectivity index (χ0) is 11.0. The fourth-order valence-electron chi connectivity index (χ4n) is 2.88. The topological polar surface area (TPSA) is 21.3 Å². The highest BCUT2D eigenvalue weighted by Gasteiger charge is 2.30. The molecule has 3 rings (SSSR count). The van der Waals surface area contributed by atoms with Gasteiger partial charge in [0.25, 0.3) is 0 Å². The van der Waals surface area contributed by atoms with E-state index in [0.29, 0.717) is 12.0 Å². The number of ether oxygens (including phenoxy) is 1. The van der Waals surface area contributed by atoms with Crippen molar-refractivity contribution in [1.82, 2.24) is 5.32 Å². The SMILES string of the molecule is COc1ccc2c(c1)[C@H]1CCN[C@@H]1CC=C2. The summed E-state index contributed by atoms with van der Waals surface area (Å²) in [6, 6.07) is 7.04. The van der Waals surface area contributed by atoms with Gasteiger partial charge in [0.1, 0.15) is 5.75 Å². The molecule has 0 saturated carbocycles. The molecule has 0 bridgehead atoms. The summed E-state index contributed by atoms with van der Waals surface area (Å²) in [4.78, 5) is 0. The number of fused-ring (bicyclic) bond motifs is 3. The van der Waals surface area contributed by atoms with Gasteiger partial charge in [-0.25, -0.2) is 0 Å². The minimum atomic E-state index is 0.615. The average molecular weight is 215 g/mol. The zero-order valence-electron chi connectivity index (χ0n) is 9.57. The fourth-order valence-corrected chi connectivity index (χ4v) is 2.88. The van der Waals surface area contributed by atoms with Gasteiger partial charge in [0.05, 0.1) is 7.11 Å². The maximum absolute atomic E-state index is 5.33. The Kier molecular flexibility index (Phi) is 2.44. The van der Waals surface area contributed by atoms with E-state index in [9.17, 15) is 0 Å². The summed E-state index contributed by atoms with van der Waals surface area (Å²) in [6.07, 6.45) is 6.91. The van der Waals surface area contributed by atoms with Crippen LogP contribution in [0.4, 0.5) is 0 Å². The third-order valence-electron chi connectivity index (χ3n) is 3.73. The molecular weight excluding hydrogens is 198 g/mol. The predicted octanol–water partition coefficient (Wildman–Crippen LogP) is 2.56. The van der Waals surface area contributed by atoms with Crippen LogP contribution in [0.15, 0.2) is 24.3 Å². The average Bonchev–Trinajstić information content (AvgIpc) is 2.71. The first-order valence-corrected chi connectivity index (χ1v) is 5.96. The molecule has 16 heavy (non-hydrogen) atoms. The summed E-state index contributed by atoms with van der Waals surface area (Å²) in [6.45, 7) is 1.14. The predicted molar refractivity (Wildman–Crippen MR) is 65.8 cm³/mol. The second-order valence-electron chi connectivity index (χ2n) is 4.59. The van der Waals surface area contributed by atoms with Crippen molar-refractivity contribution in [3.05, 3.63) is 35.4 Å². The van der Waals surface area contributed by atoms with Crippen molar-refractivity contribution < 1.29 is 4.74 Å². The van der Waals surface area contributed by atoms with Crippen molar-refractivity contribution in [3.8, 4) is 5.75 Å². The van der Waals surface area contributed by atoms with Gasteiger partial charge >= 0.3 is 0 Å². The smallest absolute Gasteiger partial charge is 0.119 e. The molecule has 0 radical (unpaired) electrons. The maximum atomic E-state index is 5.33. The van der Waals surface area contributed by atoms with Crippen LogP contribution in [-0.2, 0) is 0 Å². The Hall–Kier alpha value is -1.28. The quantitative estimate of drug-likeness (QED) is 0.777. The lowest BCUT2D eigenvalue weighted by Gasteiger charge is -2.19. The van der Waals surface area contributed by atoms with Crippen LogP contribution >= 0.6 is 0 Å². The van der Waals surface area contributed by atoms with E-state index in [1.807, 2.05) is 6.07 Å². The molecule has 1 heterocycles. The largest absolute Gasteiger partial charge is 0.497 e. The van der Waals surface area contributed by atoms with E-state index in [4.69, 9.17) is 4.74 Å². The summed E-state index contributed by atoms with van der Waals surface area (Å²) in [7, 11) is 1.73. The van der Waals surface area contributed by atoms with Gasteiger partial charge in [-0.15, -0.1) is 0 Å². The van der Waals surface area contributed by atoms with Crippen LogP contribution in [0, 0.1) is 0 Å². The van der Waals surface area contributed by atoms with Crippen LogP contribution in [0.3, 0.4) is 0 Å². The lowest BCUT2D eigenvalue weighted by Crippen LogP contribution is -2.24. The molecule has 0 unspecified atom stereocenters. The first-order valence-electron chi connectivity index (χ1n) is 5.96. The summed E-state index contributed by atoms with van der Waals surface area (Å²) in [5.41, 5.74) is 2.81. The van der Waals surface area contributed by atoms with Gasteiger partial charge in [-0.1, -0.05) is 18.2 Å². The molecule has 0 aromatic heterocycles. The van der Waals surface area contributed by atoms with Crippen LogP contribution in [0.5, 0.6) is 5.75 Å². The zero-order valence-corrected chi connectivity index (χ0v) is 9.57. The second-order valence-corrected chi connectivity index (χ2v) is 4.59. The van der Waals surface area contributed by atoms with E-state index < -0.39 is 0 Å². The van der Waals surface area contributed by atoms with Crippen molar-refractivity contribution in [1.29, 1.82) is 0 Å². The Morgan fingerprint density at radius 1 is 1.38 bits per heavy atom. The molecular formula is C14H17NO. The van der Waals surface area contributed by atoms with E-state index in [2.05, 4.69) is 29.6 Å². The molecule has 1 aliphatic carbocycles. The summed E-state index contributed by atoms with van der Waals surface area (Å²) in [5, 5.41) is 3.58. The molecule has 1 aromatic rings. The van der Waals surface area contributed by atoms with Crippen molar-refractivity contribution >= 4 is 6.08 Å². The highest BCUT2D eigenvalue weighted by Crippen LogP contribution is 2.36. The van der Waals surface area contributed by atoms with E-state index >= 15 is 0 Å². The Balaban J connectivity index is 2.07. The lowest BCUT2D eigenvalue weighted by atomic mass is 9.89. The second kappa shape index (κ2) is 3.95. The summed E-state index contributed by atoms with van der Waals surface area (Å²) >= 11 is 0. The molecule has 0 amide bonds. The van der Waals surface area contributed by atoms with Crippen LogP contribution in [0.2, 0.25) is 0 Å². The third-order valence-corrected chi connectivity index (χ3v) is 3.73. The van der Waals surface area contributed by atoms with Crippen molar-refractivity contribution in [2.45, 2.75) is 24.8 Å². The third kappa shape index (κ3) is 1.54. The van der Waals surface area contributed by atoms with Gasteiger partial charge in [-0.05, 0) is 42.6 Å². The number of rotatable bonds is 1. The molecule has 2 heteroatoms. The maximum Gasteiger partial charge on any atom is 0.119 e. The van der Waals surface area contributed by atoms with Crippen molar-refractivity contribution in [3.63, 3.8) is 0 Å². The monoisotopic (exact) mass is 215 g/mol. The highest BCUT2D eigenvalue weighted by molar-refractivity contribution is 5.58. The van der Waals surface area contributed by atoms with Crippen molar-refractivity contribution in [2.75, 3.05) is 13.7 Å². The fraction of sp³-hybridized carbons (Fsp3) is 0.429. The summed E-state index contributed by atoms with van der Waals surface area (Å²) < 4.78 is 5.33. The highest BCUT2D eigenvalue weighted by atomic mass is 16.5. The molecule has 2 aliphatic rings. The first-order chi connectivity index (χ1) is 7.88. The minimum absolute atomic E-state index is 0.615. The molecule has 1 fully saturated rings. The Labute approximate surface area is 96.3 Å². The van der Waals surface area contributed by atoms with Gasteiger partial charge in [0.15, 0.2) is 0 Å². The number of nitrogens with one attached hydrogen (secondary N) is 1. The van der Waals surface area contributed by atoms with Crippen LogP contribution < -0.4 is 10.1 Å². The number of benzene rings is 1. The number of hydrogen-bond donors (Lipinski definition) is 1. The molecule has 1 aliphatic heterocycles. The van der Waals surface area contributed by atoms with E-state index in [-0.39, 0.29) is 0 Å². The number of methoxy groups -OCH3 is 1. The molecule has 1 N–H and O–H groups in total. The first kappa shape index (κ1) is 9.91. The molecule has 84 valence electrons. The molecule has 1 aromatic carbocycles. The van der Waals surface area contributed by atoms with E-state index in [0.717, 1.165) is 18.7 Å². The van der Waals surface area contributed by atoms with Gasteiger partial charge in [-0.3, -0.25) is 0 Å². The van der Waals surface area contributed by atoms with Gasteiger partial charge in [0.2, 0.25) is 0 Å².